The summed E-state index contributed by atoms with van der Waals surface area (Å²) in [4.78, 5) is 33.2. The maximum Gasteiger partial charge on any atom is 0.252 e. The summed E-state index contributed by atoms with van der Waals surface area (Å²) in [5.74, 6) is 0.421. The van der Waals surface area contributed by atoms with Gasteiger partial charge in [-0.15, -0.1) is 11.8 Å². The molecule has 4 rings (SSSR count). The summed E-state index contributed by atoms with van der Waals surface area (Å²) in [6.07, 6.45) is 1.55. The first-order valence-corrected chi connectivity index (χ1v) is 11.1. The minimum absolute atomic E-state index is 0.161. The number of morpholine rings is 1. The first-order chi connectivity index (χ1) is 14.6. The van der Waals surface area contributed by atoms with E-state index in [2.05, 4.69) is 21.3 Å². The zero-order valence-electron chi connectivity index (χ0n) is 16.1. The van der Waals surface area contributed by atoms with Crippen molar-refractivity contribution in [3.63, 3.8) is 0 Å². The number of ether oxygens (including phenoxy) is 1. The number of amides is 2. The van der Waals surface area contributed by atoms with Crippen LogP contribution in [0.15, 0.2) is 24.4 Å². The van der Waals surface area contributed by atoms with Crippen LogP contribution in [-0.4, -0.2) is 72.2 Å². The van der Waals surface area contributed by atoms with Crippen LogP contribution < -0.4 is 10.2 Å². The van der Waals surface area contributed by atoms with Crippen LogP contribution in [0.3, 0.4) is 0 Å². The Labute approximate surface area is 183 Å². The molecule has 2 amide bonds. The van der Waals surface area contributed by atoms with Crippen molar-refractivity contribution in [1.82, 2.24) is 15.2 Å². The molecule has 1 aromatic heterocycles. The van der Waals surface area contributed by atoms with E-state index >= 15 is 0 Å². The van der Waals surface area contributed by atoms with Gasteiger partial charge in [-0.2, -0.15) is 5.26 Å². The number of hydrogen-bond acceptors (Lipinski definition) is 7. The Morgan fingerprint density at radius 2 is 2.17 bits per heavy atom. The molecule has 2 fully saturated rings. The molecule has 1 N–H and O–H groups in total. The standard InChI is InChI=1S/C20H20ClN5O3S/c21-16-8-17-15(7-18(16)25-3-5-29-6-4-25)14(1-2-23-17)20(28)24-10-19(27)26-12-30-11-13(26)9-22/h1-2,7-8,13H,3-6,10-12H2,(H,24,28)/t13-/m1/s1. The van der Waals surface area contributed by atoms with Crippen molar-refractivity contribution < 1.29 is 14.3 Å². The molecule has 2 aliphatic heterocycles. The van der Waals surface area contributed by atoms with Gasteiger partial charge in [0.1, 0.15) is 6.04 Å². The van der Waals surface area contributed by atoms with Crippen LogP contribution in [0.4, 0.5) is 5.69 Å². The van der Waals surface area contributed by atoms with Gasteiger partial charge in [0.2, 0.25) is 5.91 Å². The molecule has 156 valence electrons. The molecule has 30 heavy (non-hydrogen) atoms. The van der Waals surface area contributed by atoms with Crippen LogP contribution in [0.5, 0.6) is 0 Å². The molecular weight excluding hydrogens is 426 g/mol. The summed E-state index contributed by atoms with van der Waals surface area (Å²) in [6, 6.07) is 6.92. The summed E-state index contributed by atoms with van der Waals surface area (Å²) < 4.78 is 5.40. The summed E-state index contributed by atoms with van der Waals surface area (Å²) in [6.45, 7) is 2.51. The van der Waals surface area contributed by atoms with Gasteiger partial charge < -0.3 is 19.9 Å². The fourth-order valence-corrected chi connectivity index (χ4v) is 4.93. The number of carbonyl (C=O) groups excluding carboxylic acids is 2. The highest BCUT2D eigenvalue weighted by Crippen LogP contribution is 2.32. The predicted molar refractivity (Wildman–Crippen MR) is 116 cm³/mol. The fourth-order valence-electron chi connectivity index (χ4n) is 3.55. The van der Waals surface area contributed by atoms with Crippen LogP contribution in [-0.2, 0) is 9.53 Å². The average molecular weight is 446 g/mol. The lowest BCUT2D eigenvalue weighted by Gasteiger charge is -2.29. The maximum absolute atomic E-state index is 12.9. The molecule has 0 aliphatic carbocycles. The van der Waals surface area contributed by atoms with Crippen LogP contribution in [0.2, 0.25) is 5.02 Å². The van der Waals surface area contributed by atoms with E-state index in [1.807, 2.05) is 6.07 Å². The van der Waals surface area contributed by atoms with Gasteiger partial charge in [0.25, 0.3) is 5.91 Å². The normalized spacial score (nSPS) is 19.0. The number of carbonyl (C=O) groups is 2. The van der Waals surface area contributed by atoms with E-state index in [1.165, 1.54) is 16.7 Å². The lowest BCUT2D eigenvalue weighted by Crippen LogP contribution is -2.42. The Balaban J connectivity index is 1.55. The van der Waals surface area contributed by atoms with Gasteiger partial charge in [-0.05, 0) is 18.2 Å². The zero-order chi connectivity index (χ0) is 21.1. The van der Waals surface area contributed by atoms with Crippen molar-refractivity contribution in [1.29, 1.82) is 5.26 Å². The second kappa shape index (κ2) is 9.08. The Kier molecular flexibility index (Phi) is 6.27. The number of nitriles is 1. The van der Waals surface area contributed by atoms with Crippen molar-refractivity contribution in [3.05, 3.63) is 35.0 Å². The first-order valence-electron chi connectivity index (χ1n) is 9.54. The van der Waals surface area contributed by atoms with Gasteiger partial charge >= 0.3 is 0 Å². The van der Waals surface area contributed by atoms with Crippen LogP contribution >= 0.6 is 23.4 Å². The molecule has 8 nitrogen and oxygen atoms in total. The second-order valence-electron chi connectivity index (χ2n) is 6.97. The number of rotatable bonds is 4. The number of anilines is 1. The summed E-state index contributed by atoms with van der Waals surface area (Å²) in [7, 11) is 0. The first kappa shape index (κ1) is 20.7. The molecule has 2 saturated heterocycles. The van der Waals surface area contributed by atoms with Crippen LogP contribution in [0.25, 0.3) is 10.9 Å². The number of pyridine rings is 1. The number of thioether (sulfide) groups is 1. The molecule has 1 atom stereocenters. The summed E-state index contributed by atoms with van der Waals surface area (Å²) in [5.41, 5.74) is 1.86. The van der Waals surface area contributed by atoms with Gasteiger partial charge in [-0.3, -0.25) is 14.6 Å². The van der Waals surface area contributed by atoms with E-state index < -0.39 is 6.04 Å². The molecule has 0 radical (unpaired) electrons. The molecular formula is C20H20ClN5O3S. The monoisotopic (exact) mass is 445 g/mol. The molecule has 2 aliphatic rings. The SMILES string of the molecule is N#C[C@@H]1CSCN1C(=O)CNC(=O)c1ccnc2cc(Cl)c(N3CCOCC3)cc12. The molecule has 3 heterocycles. The van der Waals surface area contributed by atoms with Crippen molar-refractivity contribution >= 4 is 51.8 Å². The third-order valence-corrected chi connectivity index (χ3v) is 6.47. The Morgan fingerprint density at radius 3 is 2.93 bits per heavy atom. The largest absolute Gasteiger partial charge is 0.378 e. The molecule has 0 spiro atoms. The minimum Gasteiger partial charge on any atom is -0.378 e. The topological polar surface area (TPSA) is 98.6 Å². The smallest absolute Gasteiger partial charge is 0.252 e. The molecule has 10 heteroatoms. The number of nitrogens with one attached hydrogen (secondary N) is 1. The van der Waals surface area contributed by atoms with Gasteiger partial charge in [0.15, 0.2) is 0 Å². The maximum atomic E-state index is 12.9. The van der Waals surface area contributed by atoms with Crippen LogP contribution in [0, 0.1) is 11.3 Å². The number of aromatic nitrogens is 1. The van der Waals surface area contributed by atoms with E-state index in [4.69, 9.17) is 21.6 Å². The van der Waals surface area contributed by atoms with Crippen molar-refractivity contribution in [2.45, 2.75) is 6.04 Å². The Bertz CT molecular complexity index is 1020. The third kappa shape index (κ3) is 4.17. The van der Waals surface area contributed by atoms with Crippen molar-refractivity contribution in [2.24, 2.45) is 0 Å². The Hall–Kier alpha value is -2.54. The third-order valence-electron chi connectivity index (χ3n) is 5.16. The zero-order valence-corrected chi connectivity index (χ0v) is 17.7. The Morgan fingerprint density at radius 1 is 1.37 bits per heavy atom. The van der Waals surface area contributed by atoms with E-state index in [9.17, 15) is 9.59 Å². The van der Waals surface area contributed by atoms with E-state index in [1.54, 1.807) is 18.3 Å². The van der Waals surface area contributed by atoms with Gasteiger partial charge in [-0.1, -0.05) is 11.6 Å². The van der Waals surface area contributed by atoms with Gasteiger partial charge in [-0.25, -0.2) is 0 Å². The van der Waals surface area contributed by atoms with Crippen molar-refractivity contribution in [3.8, 4) is 6.07 Å². The second-order valence-corrected chi connectivity index (χ2v) is 8.38. The van der Waals surface area contributed by atoms with Crippen molar-refractivity contribution in [2.75, 3.05) is 49.4 Å². The highest BCUT2D eigenvalue weighted by Gasteiger charge is 2.29. The van der Waals surface area contributed by atoms with E-state index in [0.717, 1.165) is 18.8 Å². The van der Waals surface area contributed by atoms with Crippen LogP contribution in [0.1, 0.15) is 10.4 Å². The predicted octanol–water partition coefficient (Wildman–Crippen LogP) is 1.88. The van der Waals surface area contributed by atoms with Gasteiger partial charge in [0, 0.05) is 30.4 Å². The van der Waals surface area contributed by atoms with E-state index in [-0.39, 0.29) is 18.4 Å². The average Bonchev–Trinajstić information content (AvgIpc) is 3.26. The molecule has 0 bridgehead atoms. The molecule has 1 aromatic carbocycles. The number of halogens is 1. The molecule has 0 unspecified atom stereocenters. The number of nitrogens with zero attached hydrogens (tertiary/aromatic N) is 4. The highest BCUT2D eigenvalue weighted by atomic mass is 35.5. The quantitative estimate of drug-likeness (QED) is 0.767. The number of hydrogen-bond donors (Lipinski definition) is 1. The molecule has 2 aromatic rings. The fraction of sp³-hybridized carbons (Fsp3) is 0.400. The van der Waals surface area contributed by atoms with E-state index in [0.29, 0.717) is 46.3 Å². The highest BCUT2D eigenvalue weighted by molar-refractivity contribution is 7.99. The molecule has 0 saturated carbocycles. The number of benzene rings is 1. The lowest BCUT2D eigenvalue weighted by molar-refractivity contribution is -0.129. The minimum atomic E-state index is -0.445. The lowest BCUT2D eigenvalue weighted by atomic mass is 10.1. The summed E-state index contributed by atoms with van der Waals surface area (Å²) in [5, 5.41) is 13.1. The van der Waals surface area contributed by atoms with Gasteiger partial charge in [0.05, 0.1) is 53.5 Å². The number of fused-ring (bicyclic) bond motifs is 1. The summed E-state index contributed by atoms with van der Waals surface area (Å²) >= 11 is 8.00.